The molecule has 1 amide bonds. The van der Waals surface area contributed by atoms with Crippen molar-refractivity contribution in [2.45, 2.75) is 109 Å². The summed E-state index contributed by atoms with van der Waals surface area (Å²) in [6, 6.07) is 16.9. The topological polar surface area (TPSA) is 138 Å². The number of benzene rings is 3. The van der Waals surface area contributed by atoms with Crippen LogP contribution in [0.3, 0.4) is 0 Å². The first-order valence-electron chi connectivity index (χ1n) is 21.6. The number of carbonyl (C=O) groups is 1. The van der Waals surface area contributed by atoms with Crippen molar-refractivity contribution in [3.8, 4) is 28.7 Å². The maximum absolute atomic E-state index is 14.3. The SMILES string of the molecule is C=CCOC12Oc3ccc(Oc4ccc(C)c(C)c4)cc3C3C(CCCCO)C(CCCCO)C=C(C(=NOC(C)(C)C)CC1N(Cc1ccc4c(c1)OCO4)C(=O)OC)C32. The van der Waals surface area contributed by atoms with Gasteiger partial charge in [-0.15, -0.1) is 6.58 Å². The smallest absolute Gasteiger partial charge is 0.410 e. The van der Waals surface area contributed by atoms with E-state index in [1.807, 2.05) is 63.2 Å². The van der Waals surface area contributed by atoms with Gasteiger partial charge in [-0.3, -0.25) is 4.90 Å². The number of aryl methyl sites for hydroxylation is 2. The first kappa shape index (κ1) is 44.0. The molecule has 3 aromatic carbocycles. The highest BCUT2D eigenvalue weighted by atomic mass is 16.7. The van der Waals surface area contributed by atoms with Gasteiger partial charge in [0.05, 0.1) is 25.3 Å². The van der Waals surface area contributed by atoms with E-state index < -0.39 is 29.4 Å². The van der Waals surface area contributed by atoms with E-state index in [4.69, 9.17) is 38.4 Å². The Morgan fingerprint density at radius 3 is 2.38 bits per heavy atom. The Labute approximate surface area is 360 Å². The van der Waals surface area contributed by atoms with Gasteiger partial charge in [-0.1, -0.05) is 42.3 Å². The maximum Gasteiger partial charge on any atom is 0.410 e. The number of amides is 1. The van der Waals surface area contributed by atoms with E-state index in [1.165, 1.54) is 12.7 Å². The Hall–Kier alpha value is -5.04. The minimum atomic E-state index is -1.45. The number of nitrogens with zero attached hydrogens (tertiary/aromatic N) is 2. The third-order valence-corrected chi connectivity index (χ3v) is 12.4. The molecule has 2 N–H and O–H groups in total. The number of fused-ring (bicyclic) bond motifs is 3. The highest BCUT2D eigenvalue weighted by molar-refractivity contribution is 6.03. The molecule has 1 fully saturated rings. The number of aliphatic hydroxyl groups excluding tert-OH is 2. The summed E-state index contributed by atoms with van der Waals surface area (Å²) in [7, 11) is 1.38. The molecule has 0 radical (unpaired) electrons. The van der Waals surface area contributed by atoms with Gasteiger partial charge >= 0.3 is 6.09 Å². The Kier molecular flexibility index (Phi) is 13.7. The van der Waals surface area contributed by atoms with Crippen LogP contribution in [0, 0.1) is 31.6 Å². The molecule has 61 heavy (non-hydrogen) atoms. The van der Waals surface area contributed by atoms with Crippen molar-refractivity contribution in [3.05, 3.63) is 101 Å². The molecular weight excluding hydrogens is 777 g/mol. The summed E-state index contributed by atoms with van der Waals surface area (Å²) >= 11 is 0. The van der Waals surface area contributed by atoms with Gasteiger partial charge < -0.3 is 43.5 Å². The van der Waals surface area contributed by atoms with Crippen LogP contribution in [0.25, 0.3) is 0 Å². The lowest BCUT2D eigenvalue weighted by atomic mass is 9.55. The fourth-order valence-corrected chi connectivity index (χ4v) is 9.47. The summed E-state index contributed by atoms with van der Waals surface area (Å²) in [6.07, 6.45) is 8.31. The quantitative estimate of drug-likeness (QED) is 0.0768. The molecule has 12 nitrogen and oxygen atoms in total. The van der Waals surface area contributed by atoms with Crippen LogP contribution in [0.15, 0.2) is 84.1 Å². The first-order valence-corrected chi connectivity index (χ1v) is 21.6. The third kappa shape index (κ3) is 9.41. The van der Waals surface area contributed by atoms with Crippen LogP contribution in [0.1, 0.15) is 93.9 Å². The number of hydrogen-bond donors (Lipinski definition) is 2. The zero-order valence-electron chi connectivity index (χ0n) is 36.5. The lowest BCUT2D eigenvalue weighted by Gasteiger charge is -2.59. The van der Waals surface area contributed by atoms with Crippen molar-refractivity contribution < 1.29 is 48.3 Å². The summed E-state index contributed by atoms with van der Waals surface area (Å²) in [5, 5.41) is 24.8. The number of unbranched alkanes of at least 4 members (excludes halogenated alkanes) is 2. The molecule has 2 heterocycles. The Bertz CT molecular complexity index is 2110. The van der Waals surface area contributed by atoms with E-state index in [0.29, 0.717) is 41.6 Å². The van der Waals surface area contributed by atoms with Gasteiger partial charge in [0.1, 0.15) is 28.9 Å². The summed E-state index contributed by atoms with van der Waals surface area (Å²) in [5.41, 5.74) is 5.11. The molecule has 0 spiro atoms. The fourth-order valence-electron chi connectivity index (χ4n) is 9.47. The Morgan fingerprint density at radius 1 is 0.934 bits per heavy atom. The molecule has 328 valence electrons. The minimum Gasteiger partial charge on any atom is -0.459 e. The zero-order valence-corrected chi connectivity index (χ0v) is 36.5. The van der Waals surface area contributed by atoms with E-state index in [2.05, 4.69) is 38.6 Å². The summed E-state index contributed by atoms with van der Waals surface area (Å²) < 4.78 is 38.0. The molecule has 4 aliphatic rings. The normalized spacial score (nSPS) is 24.2. The summed E-state index contributed by atoms with van der Waals surface area (Å²) in [4.78, 5) is 22.3. The lowest BCUT2D eigenvalue weighted by Crippen LogP contribution is -2.70. The number of allylic oxidation sites excluding steroid dienone is 1. The van der Waals surface area contributed by atoms with Gasteiger partial charge in [0.2, 0.25) is 12.6 Å². The monoisotopic (exact) mass is 838 g/mol. The van der Waals surface area contributed by atoms with Crippen LogP contribution in [0.5, 0.6) is 28.7 Å². The third-order valence-electron chi connectivity index (χ3n) is 12.4. The number of hydrogen-bond acceptors (Lipinski definition) is 11. The second kappa shape index (κ2) is 18.9. The molecule has 3 aromatic rings. The number of ether oxygens (including phenoxy) is 6. The summed E-state index contributed by atoms with van der Waals surface area (Å²) in [6.45, 7) is 14.7. The fraction of sp³-hybridized carbons (Fsp3) is 0.510. The van der Waals surface area contributed by atoms with Crippen LogP contribution in [-0.2, 0) is 20.9 Å². The largest absolute Gasteiger partial charge is 0.459 e. The van der Waals surface area contributed by atoms with Gasteiger partial charge in [-0.05, 0) is 137 Å². The van der Waals surface area contributed by atoms with Crippen molar-refractivity contribution >= 4 is 11.8 Å². The number of oxime groups is 1. The molecule has 7 rings (SSSR count). The zero-order chi connectivity index (χ0) is 43.3. The molecule has 12 heteroatoms. The van der Waals surface area contributed by atoms with Crippen LogP contribution in [0.4, 0.5) is 4.79 Å². The molecule has 1 saturated carbocycles. The second-order valence-corrected chi connectivity index (χ2v) is 17.6. The van der Waals surface area contributed by atoms with Crippen LogP contribution < -0.4 is 18.9 Å². The minimum absolute atomic E-state index is 0.0502. The lowest BCUT2D eigenvalue weighted by molar-refractivity contribution is -0.256. The second-order valence-electron chi connectivity index (χ2n) is 17.6. The average molecular weight is 839 g/mol. The van der Waals surface area contributed by atoms with Crippen LogP contribution in [0.2, 0.25) is 0 Å². The highest BCUT2D eigenvalue weighted by Crippen LogP contribution is 2.62. The van der Waals surface area contributed by atoms with Crippen molar-refractivity contribution in [3.63, 3.8) is 0 Å². The Morgan fingerprint density at radius 2 is 1.66 bits per heavy atom. The van der Waals surface area contributed by atoms with Crippen LogP contribution >= 0.6 is 0 Å². The Balaban J connectivity index is 1.45. The van der Waals surface area contributed by atoms with Gasteiger partial charge in [-0.25, -0.2) is 4.79 Å². The van der Waals surface area contributed by atoms with Gasteiger partial charge in [0.15, 0.2) is 11.5 Å². The molecule has 2 aliphatic carbocycles. The molecule has 6 atom stereocenters. The van der Waals surface area contributed by atoms with Crippen molar-refractivity contribution in [1.29, 1.82) is 0 Å². The first-order chi connectivity index (χ1) is 29.4. The molecule has 0 aromatic heterocycles. The molecule has 0 saturated heterocycles. The molecule has 0 bridgehead atoms. The number of aliphatic hydroxyl groups is 2. The highest BCUT2D eigenvalue weighted by Gasteiger charge is 2.65. The van der Waals surface area contributed by atoms with Crippen molar-refractivity contribution in [2.24, 2.45) is 22.9 Å². The number of methoxy groups -OCH3 is 1. The van der Waals surface area contributed by atoms with Gasteiger partial charge in [-0.2, -0.15) is 0 Å². The van der Waals surface area contributed by atoms with Crippen LogP contribution in [-0.4, -0.2) is 78.1 Å². The standard InChI is InChI=1S/C49H62N2O10/c1-8-23-58-49-44(51(47(54)55-7)29-33-16-19-42-43(25-33)57-30-56-42)28-40(50-61-48(4,5)6)38-26-34(13-9-11-21-52)37(14-10-12-22-53)45(46(38)49)39-27-36(18-20-41(39)60-49)59-35-17-15-31(2)32(3)24-35/h8,15-20,24-27,34,37,44-46,52-53H,1,9-14,21-23,28-30H2,2-7H3. The summed E-state index contributed by atoms with van der Waals surface area (Å²) in [5.74, 6) is 1.23. The van der Waals surface area contributed by atoms with E-state index in [9.17, 15) is 15.0 Å². The average Bonchev–Trinajstić information content (AvgIpc) is 3.72. The number of rotatable bonds is 17. The predicted octanol–water partition coefficient (Wildman–Crippen LogP) is 9.53. The molecular formula is C49H62N2O10. The van der Waals surface area contributed by atoms with Crippen molar-refractivity contribution in [2.75, 3.05) is 33.7 Å². The number of carbonyl (C=O) groups excluding carboxylic acids is 1. The molecule has 6 unspecified atom stereocenters. The van der Waals surface area contributed by atoms with E-state index >= 15 is 0 Å². The van der Waals surface area contributed by atoms with Gasteiger partial charge in [0, 0.05) is 37.7 Å². The molecule has 2 aliphatic heterocycles. The van der Waals surface area contributed by atoms with E-state index in [1.54, 1.807) is 11.0 Å². The predicted molar refractivity (Wildman–Crippen MR) is 232 cm³/mol. The maximum atomic E-state index is 14.3. The van der Waals surface area contributed by atoms with Crippen molar-refractivity contribution in [1.82, 2.24) is 4.90 Å². The van der Waals surface area contributed by atoms with E-state index in [-0.39, 0.29) is 57.3 Å². The van der Waals surface area contributed by atoms with E-state index in [0.717, 1.165) is 53.7 Å². The van der Waals surface area contributed by atoms with Gasteiger partial charge in [0.25, 0.3) is 0 Å².